The Morgan fingerprint density at radius 3 is 2.22 bits per heavy atom. The second kappa shape index (κ2) is 6.35. The molecule has 0 atom stereocenters. The summed E-state index contributed by atoms with van der Waals surface area (Å²) < 4.78 is 52.9. The van der Waals surface area contributed by atoms with Crippen molar-refractivity contribution in [1.82, 2.24) is 0 Å². The molecule has 0 spiro atoms. The number of carbonyl (C=O) groups is 1. The number of rotatable bonds is 4. The van der Waals surface area contributed by atoms with Crippen LogP contribution in [0.15, 0.2) is 53.4 Å². The van der Waals surface area contributed by atoms with Crippen LogP contribution in [0.2, 0.25) is 0 Å². The number of anilines is 2. The Balaban J connectivity index is 1.90. The number of benzene rings is 2. The van der Waals surface area contributed by atoms with Crippen molar-refractivity contribution < 1.29 is 21.6 Å². The maximum absolute atomic E-state index is 12.5. The molecule has 3 rings (SSSR count). The van der Waals surface area contributed by atoms with Crippen LogP contribution in [-0.4, -0.2) is 28.5 Å². The SMILES string of the molecule is Cc1cccc(NS(=O)(=O)c2ccc(N3C(=O)C(C)(C)CS3(=O)=O)cc2)c1. The maximum atomic E-state index is 12.5. The quantitative estimate of drug-likeness (QED) is 0.838. The smallest absolute Gasteiger partial charge is 0.261 e. The Labute approximate surface area is 159 Å². The summed E-state index contributed by atoms with van der Waals surface area (Å²) in [5, 5.41) is 0. The third-order valence-corrected chi connectivity index (χ3v) is 7.65. The average molecular weight is 409 g/mol. The van der Waals surface area contributed by atoms with Gasteiger partial charge in [0.05, 0.1) is 21.8 Å². The van der Waals surface area contributed by atoms with Crippen molar-refractivity contribution in [1.29, 1.82) is 0 Å². The lowest BCUT2D eigenvalue weighted by atomic mass is 9.95. The van der Waals surface area contributed by atoms with Crippen molar-refractivity contribution in [3.63, 3.8) is 0 Å². The molecule has 2 aromatic rings. The lowest BCUT2D eigenvalue weighted by Crippen LogP contribution is -2.32. The molecule has 0 aliphatic carbocycles. The van der Waals surface area contributed by atoms with Crippen molar-refractivity contribution >= 4 is 37.3 Å². The van der Waals surface area contributed by atoms with Crippen LogP contribution < -0.4 is 9.03 Å². The summed E-state index contributed by atoms with van der Waals surface area (Å²) in [4.78, 5) is 12.4. The van der Waals surface area contributed by atoms with E-state index in [1.54, 1.807) is 32.0 Å². The largest absolute Gasteiger partial charge is 0.280 e. The van der Waals surface area contributed by atoms with E-state index in [1.807, 2.05) is 13.0 Å². The van der Waals surface area contributed by atoms with E-state index in [0.29, 0.717) is 5.69 Å². The zero-order chi connectivity index (χ0) is 20.0. The number of sulfonamides is 2. The van der Waals surface area contributed by atoms with E-state index in [1.165, 1.54) is 24.3 Å². The zero-order valence-corrected chi connectivity index (χ0v) is 16.8. The molecule has 1 fully saturated rings. The van der Waals surface area contributed by atoms with Crippen molar-refractivity contribution in [2.45, 2.75) is 25.7 Å². The van der Waals surface area contributed by atoms with Crippen LogP contribution in [0.1, 0.15) is 19.4 Å². The summed E-state index contributed by atoms with van der Waals surface area (Å²) in [5.41, 5.74) is 0.445. The number of amides is 1. The Bertz CT molecular complexity index is 1100. The predicted octanol–water partition coefficient (Wildman–Crippen LogP) is 2.50. The van der Waals surface area contributed by atoms with Gasteiger partial charge in [-0.2, -0.15) is 0 Å². The fourth-order valence-corrected chi connectivity index (χ4v) is 6.10. The highest BCUT2D eigenvalue weighted by molar-refractivity contribution is 7.94. The summed E-state index contributed by atoms with van der Waals surface area (Å²) in [6, 6.07) is 12.1. The van der Waals surface area contributed by atoms with Crippen molar-refractivity contribution in [2.75, 3.05) is 14.8 Å². The number of nitrogens with one attached hydrogen (secondary N) is 1. The Morgan fingerprint density at radius 1 is 1.07 bits per heavy atom. The van der Waals surface area contributed by atoms with Crippen LogP contribution in [0, 0.1) is 12.3 Å². The van der Waals surface area contributed by atoms with E-state index >= 15 is 0 Å². The number of hydrogen-bond acceptors (Lipinski definition) is 5. The van der Waals surface area contributed by atoms with Gasteiger partial charge in [-0.25, -0.2) is 21.1 Å². The molecule has 0 unspecified atom stereocenters. The number of carbonyl (C=O) groups excluding carboxylic acids is 1. The molecule has 1 N–H and O–H groups in total. The molecule has 144 valence electrons. The van der Waals surface area contributed by atoms with Gasteiger partial charge >= 0.3 is 0 Å². The minimum Gasteiger partial charge on any atom is -0.280 e. The molecule has 0 bridgehead atoms. The lowest BCUT2D eigenvalue weighted by molar-refractivity contribution is -0.123. The van der Waals surface area contributed by atoms with Crippen LogP contribution in [0.25, 0.3) is 0 Å². The highest BCUT2D eigenvalue weighted by Gasteiger charge is 2.49. The van der Waals surface area contributed by atoms with Gasteiger partial charge in [-0.15, -0.1) is 0 Å². The highest BCUT2D eigenvalue weighted by Crippen LogP contribution is 2.36. The Morgan fingerprint density at radius 2 is 1.70 bits per heavy atom. The molecule has 1 aliphatic rings. The summed E-state index contributed by atoms with van der Waals surface area (Å²) >= 11 is 0. The van der Waals surface area contributed by atoms with Gasteiger partial charge in [0.15, 0.2) is 0 Å². The molecule has 0 saturated carbocycles. The minimum absolute atomic E-state index is 0.0314. The molecule has 1 amide bonds. The van der Waals surface area contributed by atoms with Gasteiger partial charge in [0, 0.05) is 5.69 Å². The predicted molar refractivity (Wildman–Crippen MR) is 103 cm³/mol. The molecule has 27 heavy (non-hydrogen) atoms. The maximum Gasteiger partial charge on any atom is 0.261 e. The number of aryl methyl sites for hydroxylation is 1. The third kappa shape index (κ3) is 3.70. The minimum atomic E-state index is -3.84. The van der Waals surface area contributed by atoms with Gasteiger partial charge in [0.25, 0.3) is 10.0 Å². The normalized spacial score (nSPS) is 18.5. The molecular formula is C18H20N2O5S2. The van der Waals surface area contributed by atoms with Crippen LogP contribution in [0.4, 0.5) is 11.4 Å². The van der Waals surface area contributed by atoms with E-state index in [9.17, 15) is 21.6 Å². The Kier molecular flexibility index (Phi) is 4.55. The number of nitrogens with zero attached hydrogens (tertiary/aromatic N) is 1. The summed E-state index contributed by atoms with van der Waals surface area (Å²) in [6.07, 6.45) is 0. The fourth-order valence-electron chi connectivity index (χ4n) is 2.94. The van der Waals surface area contributed by atoms with E-state index in [-0.39, 0.29) is 16.3 Å². The van der Waals surface area contributed by atoms with E-state index < -0.39 is 31.4 Å². The second-order valence-corrected chi connectivity index (χ2v) is 10.7. The molecular weight excluding hydrogens is 388 g/mol. The molecule has 1 heterocycles. The summed E-state index contributed by atoms with van der Waals surface area (Å²) in [5.74, 6) is -0.815. The molecule has 2 aromatic carbocycles. The van der Waals surface area contributed by atoms with E-state index in [2.05, 4.69) is 4.72 Å². The van der Waals surface area contributed by atoms with Gasteiger partial charge in [-0.05, 0) is 62.7 Å². The first-order valence-electron chi connectivity index (χ1n) is 8.19. The topological polar surface area (TPSA) is 101 Å². The van der Waals surface area contributed by atoms with Crippen LogP contribution in [-0.2, 0) is 24.8 Å². The van der Waals surface area contributed by atoms with Gasteiger partial charge in [0.2, 0.25) is 15.9 Å². The summed E-state index contributed by atoms with van der Waals surface area (Å²) in [7, 11) is -7.62. The highest BCUT2D eigenvalue weighted by atomic mass is 32.2. The first kappa shape index (κ1) is 19.4. The monoisotopic (exact) mass is 408 g/mol. The second-order valence-electron chi connectivity index (χ2n) is 7.18. The fraction of sp³-hybridized carbons (Fsp3) is 0.278. The van der Waals surface area contributed by atoms with Crippen molar-refractivity contribution in [3.05, 3.63) is 54.1 Å². The van der Waals surface area contributed by atoms with Gasteiger partial charge < -0.3 is 0 Å². The van der Waals surface area contributed by atoms with Crippen LogP contribution in [0.3, 0.4) is 0 Å². The first-order valence-corrected chi connectivity index (χ1v) is 11.3. The first-order chi connectivity index (χ1) is 12.4. The molecule has 1 aliphatic heterocycles. The molecule has 1 saturated heterocycles. The van der Waals surface area contributed by atoms with Crippen LogP contribution in [0.5, 0.6) is 0 Å². The van der Waals surface area contributed by atoms with Gasteiger partial charge in [-0.3, -0.25) is 9.52 Å². The molecule has 0 radical (unpaired) electrons. The van der Waals surface area contributed by atoms with Crippen LogP contribution >= 0.6 is 0 Å². The molecule has 7 nitrogen and oxygen atoms in total. The van der Waals surface area contributed by atoms with Crippen molar-refractivity contribution in [3.8, 4) is 0 Å². The lowest BCUT2D eigenvalue weighted by Gasteiger charge is -2.17. The van der Waals surface area contributed by atoms with E-state index in [4.69, 9.17) is 0 Å². The van der Waals surface area contributed by atoms with E-state index in [0.717, 1.165) is 9.87 Å². The standard InChI is InChI=1S/C18H20N2O5S2/c1-13-5-4-6-14(11-13)19-27(24,25)16-9-7-15(8-10-16)20-17(21)18(2,3)12-26(20,22)23/h4-11,19H,12H2,1-3H3. The molecule has 0 aromatic heterocycles. The summed E-state index contributed by atoms with van der Waals surface area (Å²) in [6.45, 7) is 4.98. The molecule has 9 heteroatoms. The third-order valence-electron chi connectivity index (χ3n) is 4.24. The zero-order valence-electron chi connectivity index (χ0n) is 15.1. The van der Waals surface area contributed by atoms with Gasteiger partial charge in [-0.1, -0.05) is 12.1 Å². The Hall–Kier alpha value is -2.39. The van der Waals surface area contributed by atoms with Gasteiger partial charge in [0.1, 0.15) is 0 Å². The average Bonchev–Trinajstić information content (AvgIpc) is 2.70. The number of hydrogen-bond donors (Lipinski definition) is 1. The van der Waals surface area contributed by atoms with Crippen molar-refractivity contribution in [2.24, 2.45) is 5.41 Å².